The third-order valence-corrected chi connectivity index (χ3v) is 1.54. The van der Waals surface area contributed by atoms with Crippen LogP contribution < -0.4 is 5.73 Å². The zero-order chi connectivity index (χ0) is 9.14. The summed E-state index contributed by atoms with van der Waals surface area (Å²) in [6.07, 6.45) is 0. The van der Waals surface area contributed by atoms with Gasteiger partial charge in [0.15, 0.2) is 0 Å². The number of rotatable bonds is 2. The largest absolute Gasteiger partial charge is 0.508 e. The average Bonchev–Trinajstić information content (AvgIpc) is 2.04. The average molecular weight is 167 g/mol. The standard InChI is InChI=1S/C8H9NO3/c9-7(8(11)12)5-3-1-2-4-6(5)10/h1-4,7,10H,9H2,(H,11,12). The molecule has 4 N–H and O–H groups in total. The van der Waals surface area contributed by atoms with Gasteiger partial charge in [0.2, 0.25) is 0 Å². The van der Waals surface area contributed by atoms with E-state index >= 15 is 0 Å². The number of aliphatic carboxylic acids is 1. The second-order valence-electron chi connectivity index (χ2n) is 2.37. The number of phenolic OH excluding ortho intramolecular Hbond substituents is 1. The Balaban J connectivity index is 3.02. The van der Waals surface area contributed by atoms with Crippen molar-refractivity contribution < 1.29 is 15.0 Å². The summed E-state index contributed by atoms with van der Waals surface area (Å²) in [5.41, 5.74) is 5.51. The fourth-order valence-electron chi connectivity index (χ4n) is 0.884. The Morgan fingerprint density at radius 3 is 2.50 bits per heavy atom. The molecule has 0 aliphatic rings. The first kappa shape index (κ1) is 8.55. The minimum absolute atomic E-state index is 0.0904. The monoisotopic (exact) mass is 167 g/mol. The van der Waals surface area contributed by atoms with E-state index in [9.17, 15) is 9.90 Å². The van der Waals surface area contributed by atoms with Crippen molar-refractivity contribution in [2.75, 3.05) is 0 Å². The van der Waals surface area contributed by atoms with Crippen LogP contribution in [0.2, 0.25) is 0 Å². The predicted molar refractivity (Wildman–Crippen MR) is 42.7 cm³/mol. The lowest BCUT2D eigenvalue weighted by Crippen LogP contribution is -2.20. The molecule has 0 bridgehead atoms. The summed E-state index contributed by atoms with van der Waals surface area (Å²) in [4.78, 5) is 10.4. The van der Waals surface area contributed by atoms with Crippen LogP contribution >= 0.6 is 0 Å². The van der Waals surface area contributed by atoms with E-state index in [0.29, 0.717) is 0 Å². The molecule has 4 heteroatoms. The highest BCUT2D eigenvalue weighted by atomic mass is 16.4. The van der Waals surface area contributed by atoms with Gasteiger partial charge in [-0.2, -0.15) is 0 Å². The number of carboxylic acids is 1. The van der Waals surface area contributed by atoms with E-state index in [4.69, 9.17) is 10.8 Å². The van der Waals surface area contributed by atoms with Crippen LogP contribution in [0.15, 0.2) is 24.3 Å². The Labute approximate surface area is 69.3 Å². The van der Waals surface area contributed by atoms with E-state index in [1.807, 2.05) is 0 Å². The van der Waals surface area contributed by atoms with Crippen molar-refractivity contribution in [3.8, 4) is 5.75 Å². The number of aromatic hydroxyl groups is 1. The van der Waals surface area contributed by atoms with Crippen LogP contribution in [-0.4, -0.2) is 16.2 Å². The molecule has 4 nitrogen and oxygen atoms in total. The van der Waals surface area contributed by atoms with Gasteiger partial charge in [-0.05, 0) is 6.07 Å². The molecule has 0 aliphatic carbocycles. The van der Waals surface area contributed by atoms with Crippen LogP contribution in [0.5, 0.6) is 5.75 Å². The minimum Gasteiger partial charge on any atom is -0.508 e. The molecular weight excluding hydrogens is 158 g/mol. The van der Waals surface area contributed by atoms with E-state index in [-0.39, 0.29) is 11.3 Å². The van der Waals surface area contributed by atoms with Crippen molar-refractivity contribution in [3.63, 3.8) is 0 Å². The zero-order valence-electron chi connectivity index (χ0n) is 6.27. The van der Waals surface area contributed by atoms with Gasteiger partial charge in [0.05, 0.1) is 0 Å². The van der Waals surface area contributed by atoms with E-state index in [2.05, 4.69) is 0 Å². The van der Waals surface area contributed by atoms with Crippen LogP contribution in [-0.2, 0) is 4.79 Å². The van der Waals surface area contributed by atoms with Crippen LogP contribution in [0.25, 0.3) is 0 Å². The van der Waals surface area contributed by atoms with Crippen molar-refractivity contribution in [1.29, 1.82) is 0 Å². The van der Waals surface area contributed by atoms with Crippen molar-refractivity contribution in [2.24, 2.45) is 5.73 Å². The molecule has 1 rings (SSSR count). The Bertz CT molecular complexity index is 298. The van der Waals surface area contributed by atoms with E-state index in [0.717, 1.165) is 0 Å². The normalized spacial score (nSPS) is 12.4. The van der Waals surface area contributed by atoms with E-state index in [1.54, 1.807) is 12.1 Å². The molecule has 0 radical (unpaired) electrons. The smallest absolute Gasteiger partial charge is 0.325 e. The third-order valence-electron chi connectivity index (χ3n) is 1.54. The third kappa shape index (κ3) is 1.54. The lowest BCUT2D eigenvalue weighted by Gasteiger charge is -2.07. The Morgan fingerprint density at radius 1 is 1.42 bits per heavy atom. The molecule has 0 fully saturated rings. The summed E-state index contributed by atoms with van der Waals surface area (Å²) >= 11 is 0. The van der Waals surface area contributed by atoms with Crippen molar-refractivity contribution in [3.05, 3.63) is 29.8 Å². The number of hydrogen-bond donors (Lipinski definition) is 3. The van der Waals surface area contributed by atoms with Gasteiger partial charge in [-0.3, -0.25) is 4.79 Å². The number of para-hydroxylation sites is 1. The number of hydrogen-bond acceptors (Lipinski definition) is 3. The van der Waals surface area contributed by atoms with Crippen molar-refractivity contribution in [1.82, 2.24) is 0 Å². The SMILES string of the molecule is NC(C(=O)O)c1ccccc1O. The molecule has 0 spiro atoms. The molecule has 0 aliphatic heterocycles. The number of benzene rings is 1. The maximum Gasteiger partial charge on any atom is 0.325 e. The highest BCUT2D eigenvalue weighted by molar-refractivity contribution is 5.76. The van der Waals surface area contributed by atoms with Gasteiger partial charge in [0.1, 0.15) is 11.8 Å². The quantitative estimate of drug-likeness (QED) is 0.598. The first-order valence-electron chi connectivity index (χ1n) is 3.39. The molecule has 1 atom stereocenters. The van der Waals surface area contributed by atoms with Gasteiger partial charge in [0.25, 0.3) is 0 Å². The van der Waals surface area contributed by atoms with Gasteiger partial charge in [-0.25, -0.2) is 0 Å². The molecule has 64 valence electrons. The number of phenols is 1. The van der Waals surface area contributed by atoms with Crippen LogP contribution in [0, 0.1) is 0 Å². The molecule has 1 aromatic carbocycles. The van der Waals surface area contributed by atoms with Gasteiger partial charge in [0, 0.05) is 5.56 Å². The van der Waals surface area contributed by atoms with Crippen LogP contribution in [0.4, 0.5) is 0 Å². The molecular formula is C8H9NO3. The van der Waals surface area contributed by atoms with Crippen LogP contribution in [0.1, 0.15) is 11.6 Å². The number of carboxylic acid groups (broad SMARTS) is 1. The molecule has 0 saturated carbocycles. The maximum absolute atomic E-state index is 10.4. The van der Waals surface area contributed by atoms with Gasteiger partial charge in [-0.1, -0.05) is 18.2 Å². The topological polar surface area (TPSA) is 83.6 Å². The number of carbonyl (C=O) groups is 1. The second kappa shape index (κ2) is 3.23. The van der Waals surface area contributed by atoms with Crippen molar-refractivity contribution >= 4 is 5.97 Å². The second-order valence-corrected chi connectivity index (χ2v) is 2.37. The van der Waals surface area contributed by atoms with Gasteiger partial charge in [-0.15, -0.1) is 0 Å². The Hall–Kier alpha value is -1.55. The fourth-order valence-corrected chi connectivity index (χ4v) is 0.884. The molecule has 1 unspecified atom stereocenters. The summed E-state index contributed by atoms with van der Waals surface area (Å²) in [6, 6.07) is 4.95. The molecule has 0 heterocycles. The zero-order valence-corrected chi connectivity index (χ0v) is 6.27. The van der Waals surface area contributed by atoms with E-state index < -0.39 is 12.0 Å². The number of nitrogens with two attached hydrogens (primary N) is 1. The Kier molecular flexibility index (Phi) is 2.30. The highest BCUT2D eigenvalue weighted by Gasteiger charge is 2.16. The van der Waals surface area contributed by atoms with Gasteiger partial charge < -0.3 is 15.9 Å². The molecule has 1 aromatic rings. The molecule has 0 aromatic heterocycles. The molecule has 0 amide bonds. The molecule has 12 heavy (non-hydrogen) atoms. The lowest BCUT2D eigenvalue weighted by molar-refractivity contribution is -0.138. The fraction of sp³-hybridized carbons (Fsp3) is 0.125. The van der Waals surface area contributed by atoms with Gasteiger partial charge >= 0.3 is 5.97 Å². The first-order chi connectivity index (χ1) is 5.63. The summed E-state index contributed by atoms with van der Waals surface area (Å²) < 4.78 is 0. The Morgan fingerprint density at radius 2 is 2.00 bits per heavy atom. The first-order valence-corrected chi connectivity index (χ1v) is 3.39. The maximum atomic E-state index is 10.4. The summed E-state index contributed by atoms with van der Waals surface area (Å²) in [5, 5.41) is 17.7. The predicted octanol–water partition coefficient (Wildman–Crippen LogP) is 0.477. The van der Waals surface area contributed by atoms with Crippen molar-refractivity contribution in [2.45, 2.75) is 6.04 Å². The minimum atomic E-state index is -1.16. The summed E-state index contributed by atoms with van der Waals surface area (Å²) in [5.74, 6) is -1.25. The van der Waals surface area contributed by atoms with E-state index in [1.165, 1.54) is 12.1 Å². The molecule has 0 saturated heterocycles. The lowest BCUT2D eigenvalue weighted by atomic mass is 10.1. The summed E-state index contributed by atoms with van der Waals surface area (Å²) in [7, 11) is 0. The summed E-state index contributed by atoms with van der Waals surface area (Å²) in [6.45, 7) is 0. The highest BCUT2D eigenvalue weighted by Crippen LogP contribution is 2.21. The van der Waals surface area contributed by atoms with Crippen LogP contribution in [0.3, 0.4) is 0 Å².